The summed E-state index contributed by atoms with van der Waals surface area (Å²) < 4.78 is 0. The minimum Gasteiger partial charge on any atom is -0.256 e. The lowest BCUT2D eigenvalue weighted by atomic mass is 9.97. The fourth-order valence-electron chi connectivity index (χ4n) is 5.28. The van der Waals surface area contributed by atoms with Crippen LogP contribution < -0.4 is 0 Å². The summed E-state index contributed by atoms with van der Waals surface area (Å²) in [6, 6.07) is 46.5. The Morgan fingerprint density at radius 3 is 0.947 bits per heavy atom. The first-order valence-electron chi connectivity index (χ1n) is 12.8. The van der Waals surface area contributed by atoms with Crippen molar-refractivity contribution in [3.05, 3.63) is 145 Å². The zero-order valence-corrected chi connectivity index (χ0v) is 20.8. The molecule has 0 N–H and O–H groups in total. The van der Waals surface area contributed by atoms with E-state index in [0.29, 0.717) is 0 Å². The van der Waals surface area contributed by atoms with E-state index in [1.807, 2.05) is 36.7 Å². The molecule has 0 spiro atoms. The molecule has 0 aliphatic carbocycles. The van der Waals surface area contributed by atoms with Crippen LogP contribution in [0.4, 0.5) is 11.4 Å². The number of hydrogen-bond donors (Lipinski definition) is 0. The molecule has 7 aromatic carbocycles. The van der Waals surface area contributed by atoms with Gasteiger partial charge in [-0.2, -0.15) is 0 Å². The van der Waals surface area contributed by atoms with Gasteiger partial charge in [-0.15, -0.1) is 0 Å². The van der Waals surface area contributed by atoms with Gasteiger partial charge in [-0.05, 0) is 79.5 Å². The van der Waals surface area contributed by atoms with E-state index in [0.717, 1.165) is 22.5 Å². The van der Waals surface area contributed by atoms with Crippen LogP contribution in [0.25, 0.3) is 43.1 Å². The van der Waals surface area contributed by atoms with Crippen molar-refractivity contribution in [2.45, 2.75) is 0 Å². The largest absolute Gasteiger partial charge is 0.256 e. The third-order valence-electron chi connectivity index (χ3n) is 7.16. The quantitative estimate of drug-likeness (QED) is 0.175. The average Bonchev–Trinajstić information content (AvgIpc) is 2.98. The summed E-state index contributed by atoms with van der Waals surface area (Å²) in [4.78, 5) is 9.68. The van der Waals surface area contributed by atoms with Gasteiger partial charge in [-0.1, -0.05) is 97.1 Å². The van der Waals surface area contributed by atoms with Crippen molar-refractivity contribution in [3.8, 4) is 0 Å². The predicted octanol–water partition coefficient (Wildman–Crippen LogP) is 9.80. The van der Waals surface area contributed by atoms with E-state index in [-0.39, 0.29) is 0 Å². The van der Waals surface area contributed by atoms with Gasteiger partial charge in [0.15, 0.2) is 0 Å². The molecule has 0 atom stereocenters. The Morgan fingerprint density at radius 1 is 0.342 bits per heavy atom. The third-order valence-corrected chi connectivity index (χ3v) is 7.16. The van der Waals surface area contributed by atoms with Gasteiger partial charge < -0.3 is 0 Å². The van der Waals surface area contributed by atoms with E-state index in [9.17, 15) is 0 Å². The maximum absolute atomic E-state index is 4.84. The first-order chi connectivity index (χ1) is 18.8. The Hall–Kier alpha value is -5.08. The van der Waals surface area contributed by atoms with Gasteiger partial charge in [0.25, 0.3) is 0 Å². The van der Waals surface area contributed by atoms with Crippen LogP contribution in [0.15, 0.2) is 143 Å². The first kappa shape index (κ1) is 22.1. The van der Waals surface area contributed by atoms with Gasteiger partial charge in [0.2, 0.25) is 0 Å². The zero-order chi connectivity index (χ0) is 25.3. The molecule has 0 saturated carbocycles. The second-order valence-corrected chi connectivity index (χ2v) is 9.50. The van der Waals surface area contributed by atoms with Gasteiger partial charge >= 0.3 is 0 Å². The topological polar surface area (TPSA) is 24.7 Å². The highest BCUT2D eigenvalue weighted by molar-refractivity contribution is 6.14. The van der Waals surface area contributed by atoms with Gasteiger partial charge in [0.05, 0.1) is 11.4 Å². The van der Waals surface area contributed by atoms with Gasteiger partial charge in [-0.3, -0.25) is 9.98 Å². The SMILES string of the molecule is C(=N\c1ccc(/N=C/c2c3ccccc3cc3ccccc23)cc1)/c1c2ccccc2cc2ccccc12. The van der Waals surface area contributed by atoms with Crippen LogP contribution in [0.2, 0.25) is 0 Å². The summed E-state index contributed by atoms with van der Waals surface area (Å²) in [6.07, 6.45) is 3.98. The number of nitrogens with zero attached hydrogens (tertiary/aromatic N) is 2. The van der Waals surface area contributed by atoms with Gasteiger partial charge in [0, 0.05) is 23.6 Å². The lowest BCUT2D eigenvalue weighted by Gasteiger charge is -2.08. The molecule has 0 radical (unpaired) electrons. The van der Waals surface area contributed by atoms with Crippen molar-refractivity contribution in [1.82, 2.24) is 0 Å². The molecular weight excluding hydrogens is 460 g/mol. The normalized spacial score (nSPS) is 12.0. The summed E-state index contributed by atoms with van der Waals surface area (Å²) in [5.74, 6) is 0. The fraction of sp³-hybridized carbons (Fsp3) is 0. The summed E-state index contributed by atoms with van der Waals surface area (Å²) >= 11 is 0. The molecule has 0 aliphatic heterocycles. The molecule has 0 fully saturated rings. The molecular formula is C36H24N2. The first-order valence-corrected chi connectivity index (χ1v) is 12.8. The number of fused-ring (bicyclic) bond motifs is 4. The highest BCUT2D eigenvalue weighted by Crippen LogP contribution is 2.30. The Kier molecular flexibility index (Phi) is 5.49. The minimum atomic E-state index is 0.900. The minimum absolute atomic E-state index is 0.900. The van der Waals surface area contributed by atoms with E-state index in [1.165, 1.54) is 43.1 Å². The van der Waals surface area contributed by atoms with Crippen molar-refractivity contribution < 1.29 is 0 Å². The molecule has 0 saturated heterocycles. The molecule has 0 aromatic heterocycles. The summed E-state index contributed by atoms with van der Waals surface area (Å²) in [5, 5.41) is 9.71. The van der Waals surface area contributed by atoms with Crippen LogP contribution >= 0.6 is 0 Å². The van der Waals surface area contributed by atoms with Crippen LogP contribution in [-0.2, 0) is 0 Å². The highest BCUT2D eigenvalue weighted by atomic mass is 14.7. The van der Waals surface area contributed by atoms with E-state index < -0.39 is 0 Å². The summed E-state index contributed by atoms with van der Waals surface area (Å²) in [6.45, 7) is 0. The van der Waals surface area contributed by atoms with Crippen LogP contribution in [0.1, 0.15) is 11.1 Å². The van der Waals surface area contributed by atoms with Gasteiger partial charge in [0.1, 0.15) is 0 Å². The number of rotatable bonds is 4. The monoisotopic (exact) mass is 484 g/mol. The summed E-state index contributed by atoms with van der Waals surface area (Å²) in [7, 11) is 0. The highest BCUT2D eigenvalue weighted by Gasteiger charge is 2.07. The van der Waals surface area contributed by atoms with Crippen molar-refractivity contribution in [2.24, 2.45) is 9.98 Å². The predicted molar refractivity (Wildman–Crippen MR) is 164 cm³/mol. The molecule has 0 heterocycles. The molecule has 2 nitrogen and oxygen atoms in total. The van der Waals surface area contributed by atoms with Crippen molar-refractivity contribution in [2.75, 3.05) is 0 Å². The second-order valence-electron chi connectivity index (χ2n) is 9.50. The van der Waals surface area contributed by atoms with Crippen molar-refractivity contribution in [3.63, 3.8) is 0 Å². The molecule has 2 heteroatoms. The second kappa shape index (κ2) is 9.42. The van der Waals surface area contributed by atoms with E-state index in [1.54, 1.807) is 0 Å². The van der Waals surface area contributed by atoms with Crippen LogP contribution in [0.3, 0.4) is 0 Å². The van der Waals surface area contributed by atoms with Crippen molar-refractivity contribution in [1.29, 1.82) is 0 Å². The molecule has 7 rings (SSSR count). The van der Waals surface area contributed by atoms with E-state index in [2.05, 4.69) is 109 Å². The molecule has 0 unspecified atom stereocenters. The third kappa shape index (κ3) is 4.03. The lowest BCUT2D eigenvalue weighted by molar-refractivity contribution is 1.49. The lowest BCUT2D eigenvalue weighted by Crippen LogP contribution is -1.88. The molecule has 178 valence electrons. The Morgan fingerprint density at radius 2 is 0.632 bits per heavy atom. The van der Waals surface area contributed by atoms with Gasteiger partial charge in [-0.25, -0.2) is 0 Å². The number of benzene rings is 7. The standard InChI is InChI=1S/C36H24N2/c1-5-13-31-25(9-1)21-26-10-2-6-14-32(26)35(31)23-37-29-17-19-30(20-18-29)38-24-36-33-15-7-3-11-27(33)22-28-12-4-8-16-34(28)36/h1-24H/b37-23+,38-24+. The fourth-order valence-corrected chi connectivity index (χ4v) is 5.28. The smallest absolute Gasteiger partial charge is 0.0631 e. The number of hydrogen-bond acceptors (Lipinski definition) is 2. The molecule has 7 aromatic rings. The zero-order valence-electron chi connectivity index (χ0n) is 20.8. The molecule has 38 heavy (non-hydrogen) atoms. The van der Waals surface area contributed by atoms with Crippen LogP contribution in [0, 0.1) is 0 Å². The van der Waals surface area contributed by atoms with Crippen molar-refractivity contribution >= 4 is 66.9 Å². The maximum atomic E-state index is 4.84. The molecule has 0 bridgehead atoms. The van der Waals surface area contributed by atoms with E-state index in [4.69, 9.17) is 9.98 Å². The Bertz CT molecular complexity index is 1760. The average molecular weight is 485 g/mol. The Labute approximate surface area is 221 Å². The van der Waals surface area contributed by atoms with Crippen LogP contribution in [0.5, 0.6) is 0 Å². The molecule has 0 aliphatic rings. The van der Waals surface area contributed by atoms with E-state index >= 15 is 0 Å². The summed E-state index contributed by atoms with van der Waals surface area (Å²) in [5.41, 5.74) is 4.08. The Balaban J connectivity index is 1.23. The molecule has 0 amide bonds. The maximum Gasteiger partial charge on any atom is 0.0631 e. The number of aliphatic imine (C=N–C) groups is 2. The van der Waals surface area contributed by atoms with Crippen LogP contribution in [-0.4, -0.2) is 12.4 Å².